The number of hydrogen-bond acceptors (Lipinski definition) is 1. The molecule has 104 valence electrons. The molecule has 0 radical (unpaired) electrons. The molecule has 1 atom stereocenters. The van der Waals surface area contributed by atoms with Crippen LogP contribution >= 0.6 is 11.6 Å². The zero-order chi connectivity index (χ0) is 13.9. The van der Waals surface area contributed by atoms with E-state index in [0.29, 0.717) is 12.1 Å². The summed E-state index contributed by atoms with van der Waals surface area (Å²) >= 11 is 6.05. The molecule has 1 aliphatic rings. The number of halogens is 1. The first kappa shape index (κ1) is 13.7. The minimum absolute atomic E-state index is 0.357. The van der Waals surface area contributed by atoms with Gasteiger partial charge in [-0.1, -0.05) is 54.1 Å². The lowest BCUT2D eigenvalue weighted by atomic mass is 9.75. The van der Waals surface area contributed by atoms with Crippen molar-refractivity contribution in [1.82, 2.24) is 5.32 Å². The highest BCUT2D eigenvalue weighted by Crippen LogP contribution is 2.37. The van der Waals surface area contributed by atoms with Crippen LogP contribution in [0.25, 0.3) is 0 Å². The second-order valence-corrected chi connectivity index (χ2v) is 6.16. The van der Waals surface area contributed by atoms with Gasteiger partial charge in [0, 0.05) is 17.1 Å². The van der Waals surface area contributed by atoms with Gasteiger partial charge in [-0.05, 0) is 48.9 Å². The molecule has 0 aliphatic heterocycles. The summed E-state index contributed by atoms with van der Waals surface area (Å²) in [5.41, 5.74) is 2.74. The lowest BCUT2D eigenvalue weighted by Crippen LogP contribution is -2.41. The average Bonchev–Trinajstić information content (AvgIpc) is 2.43. The van der Waals surface area contributed by atoms with Crippen LogP contribution in [-0.2, 0) is 0 Å². The molecule has 0 aromatic heterocycles. The van der Waals surface area contributed by atoms with Crippen molar-refractivity contribution >= 4 is 11.6 Å². The summed E-state index contributed by atoms with van der Waals surface area (Å²) in [6.45, 7) is 2.21. The molecule has 0 heterocycles. The third kappa shape index (κ3) is 3.05. The first-order valence-corrected chi connectivity index (χ1v) is 7.66. The van der Waals surface area contributed by atoms with Crippen molar-refractivity contribution in [2.75, 3.05) is 0 Å². The van der Waals surface area contributed by atoms with Gasteiger partial charge in [-0.15, -0.1) is 0 Å². The van der Waals surface area contributed by atoms with Crippen LogP contribution in [0.1, 0.15) is 42.9 Å². The second-order valence-electron chi connectivity index (χ2n) is 5.72. The summed E-state index contributed by atoms with van der Waals surface area (Å²) in [6, 6.07) is 19.9. The Morgan fingerprint density at radius 1 is 1.05 bits per heavy atom. The molecular formula is C18H20ClN. The van der Waals surface area contributed by atoms with Crippen LogP contribution in [0.4, 0.5) is 0 Å². The Hall–Kier alpha value is -1.31. The average molecular weight is 286 g/mol. The summed E-state index contributed by atoms with van der Waals surface area (Å²) in [4.78, 5) is 0. The van der Waals surface area contributed by atoms with Gasteiger partial charge >= 0.3 is 0 Å². The van der Waals surface area contributed by atoms with Crippen molar-refractivity contribution in [3.63, 3.8) is 0 Å². The van der Waals surface area contributed by atoms with Gasteiger partial charge in [-0.25, -0.2) is 0 Å². The first-order chi connectivity index (χ1) is 9.72. The molecule has 0 saturated heterocycles. The summed E-state index contributed by atoms with van der Waals surface area (Å²) in [7, 11) is 0. The van der Waals surface area contributed by atoms with Gasteiger partial charge in [0.05, 0.1) is 0 Å². The normalized spacial score (nSPS) is 23.1. The topological polar surface area (TPSA) is 12.0 Å². The van der Waals surface area contributed by atoms with Crippen molar-refractivity contribution in [3.8, 4) is 0 Å². The molecule has 1 saturated carbocycles. The third-order valence-corrected chi connectivity index (χ3v) is 4.48. The third-order valence-electron chi connectivity index (χ3n) is 4.24. The molecule has 3 rings (SSSR count). The van der Waals surface area contributed by atoms with Gasteiger partial charge < -0.3 is 5.32 Å². The van der Waals surface area contributed by atoms with E-state index in [2.05, 4.69) is 48.6 Å². The first-order valence-electron chi connectivity index (χ1n) is 7.29. The number of nitrogens with one attached hydrogen (secondary N) is 1. The van der Waals surface area contributed by atoms with E-state index in [1.54, 1.807) is 0 Å². The summed E-state index contributed by atoms with van der Waals surface area (Å²) in [5.74, 6) is 0.722. The molecule has 0 amide bonds. The Labute approximate surface area is 126 Å². The van der Waals surface area contributed by atoms with Crippen LogP contribution in [-0.4, -0.2) is 6.04 Å². The number of benzene rings is 2. The molecule has 1 nitrogen and oxygen atoms in total. The van der Waals surface area contributed by atoms with Crippen molar-refractivity contribution in [2.24, 2.45) is 0 Å². The van der Waals surface area contributed by atoms with Crippen LogP contribution < -0.4 is 5.32 Å². The monoisotopic (exact) mass is 285 g/mol. The molecular weight excluding hydrogens is 266 g/mol. The van der Waals surface area contributed by atoms with E-state index in [0.717, 1.165) is 10.9 Å². The van der Waals surface area contributed by atoms with Gasteiger partial charge in [0.15, 0.2) is 0 Å². The fourth-order valence-electron chi connectivity index (χ4n) is 2.98. The highest BCUT2D eigenvalue weighted by atomic mass is 35.5. The standard InChI is InChI=1S/C18H20ClN/c1-13(15-8-5-9-17(19)10-15)20-18-11-16(12-18)14-6-3-2-4-7-14/h2-10,13,16,18,20H,11-12H2,1H3. The number of rotatable bonds is 4. The van der Waals surface area contributed by atoms with Crippen molar-refractivity contribution in [2.45, 2.75) is 37.8 Å². The Balaban J connectivity index is 1.54. The molecule has 1 unspecified atom stereocenters. The van der Waals surface area contributed by atoms with Gasteiger partial charge in [0.25, 0.3) is 0 Å². The van der Waals surface area contributed by atoms with Crippen LogP contribution in [0, 0.1) is 0 Å². The van der Waals surface area contributed by atoms with Crippen LogP contribution in [0.5, 0.6) is 0 Å². The summed E-state index contributed by atoms with van der Waals surface area (Å²) in [6.07, 6.45) is 2.46. The SMILES string of the molecule is CC(NC1CC(c2ccccc2)C1)c1cccc(Cl)c1. The minimum atomic E-state index is 0.357. The van der Waals surface area contributed by atoms with E-state index in [1.165, 1.54) is 24.0 Å². The lowest BCUT2D eigenvalue weighted by Gasteiger charge is -2.38. The lowest BCUT2D eigenvalue weighted by molar-refractivity contribution is 0.271. The Morgan fingerprint density at radius 2 is 1.80 bits per heavy atom. The largest absolute Gasteiger partial charge is 0.307 e. The molecule has 2 aromatic rings. The molecule has 0 spiro atoms. The van der Waals surface area contributed by atoms with E-state index >= 15 is 0 Å². The molecule has 0 bridgehead atoms. The van der Waals surface area contributed by atoms with Gasteiger partial charge in [0.1, 0.15) is 0 Å². The highest BCUT2D eigenvalue weighted by Gasteiger charge is 2.30. The summed E-state index contributed by atoms with van der Waals surface area (Å²) in [5, 5.41) is 4.51. The molecule has 1 fully saturated rings. The van der Waals surface area contributed by atoms with Crippen LogP contribution in [0.15, 0.2) is 54.6 Å². The van der Waals surface area contributed by atoms with Crippen LogP contribution in [0.3, 0.4) is 0 Å². The van der Waals surface area contributed by atoms with E-state index in [4.69, 9.17) is 11.6 Å². The predicted octanol–water partition coefficient (Wildman–Crippen LogP) is 4.94. The van der Waals surface area contributed by atoms with E-state index in [-0.39, 0.29) is 0 Å². The van der Waals surface area contributed by atoms with Crippen LogP contribution in [0.2, 0.25) is 5.02 Å². The molecule has 1 N–H and O–H groups in total. The maximum atomic E-state index is 6.05. The van der Waals surface area contributed by atoms with Gasteiger partial charge in [-0.2, -0.15) is 0 Å². The molecule has 20 heavy (non-hydrogen) atoms. The maximum absolute atomic E-state index is 6.05. The quantitative estimate of drug-likeness (QED) is 0.839. The number of hydrogen-bond donors (Lipinski definition) is 1. The maximum Gasteiger partial charge on any atom is 0.0409 e. The Morgan fingerprint density at radius 3 is 2.50 bits per heavy atom. The van der Waals surface area contributed by atoms with Gasteiger partial charge in [0.2, 0.25) is 0 Å². The minimum Gasteiger partial charge on any atom is -0.307 e. The van der Waals surface area contributed by atoms with Gasteiger partial charge in [-0.3, -0.25) is 0 Å². The Bertz CT molecular complexity index is 561. The fraction of sp³-hybridized carbons (Fsp3) is 0.333. The van der Waals surface area contributed by atoms with E-state index in [9.17, 15) is 0 Å². The summed E-state index contributed by atoms with van der Waals surface area (Å²) < 4.78 is 0. The molecule has 1 aliphatic carbocycles. The second kappa shape index (κ2) is 5.99. The van der Waals surface area contributed by atoms with Crippen molar-refractivity contribution in [1.29, 1.82) is 0 Å². The van der Waals surface area contributed by atoms with E-state index in [1.807, 2.05) is 18.2 Å². The smallest absolute Gasteiger partial charge is 0.0409 e. The fourth-order valence-corrected chi connectivity index (χ4v) is 3.18. The van der Waals surface area contributed by atoms with Crippen molar-refractivity contribution in [3.05, 3.63) is 70.7 Å². The molecule has 2 aromatic carbocycles. The predicted molar refractivity (Wildman–Crippen MR) is 85.2 cm³/mol. The zero-order valence-corrected chi connectivity index (χ0v) is 12.5. The van der Waals surface area contributed by atoms with Crippen molar-refractivity contribution < 1.29 is 0 Å². The Kier molecular flexibility index (Phi) is 4.09. The molecule has 2 heteroatoms. The zero-order valence-electron chi connectivity index (χ0n) is 11.7. The van der Waals surface area contributed by atoms with E-state index < -0.39 is 0 Å². The highest BCUT2D eigenvalue weighted by molar-refractivity contribution is 6.30.